The van der Waals surface area contributed by atoms with Gasteiger partial charge < -0.3 is 4.74 Å². The van der Waals surface area contributed by atoms with Gasteiger partial charge in [0.1, 0.15) is 0 Å². The fourth-order valence-corrected chi connectivity index (χ4v) is 1.91. The van der Waals surface area contributed by atoms with E-state index in [-0.39, 0.29) is 5.54 Å². The van der Waals surface area contributed by atoms with E-state index in [1.54, 1.807) is 19.2 Å². The third-order valence-electron chi connectivity index (χ3n) is 2.61. The molecule has 0 aliphatic heterocycles. The summed E-state index contributed by atoms with van der Waals surface area (Å²) in [5.74, 6) is 0. The van der Waals surface area contributed by atoms with E-state index in [9.17, 15) is 0 Å². The van der Waals surface area contributed by atoms with E-state index in [0.717, 1.165) is 11.0 Å². The van der Waals surface area contributed by atoms with Gasteiger partial charge in [0.15, 0.2) is 0 Å². The minimum absolute atomic E-state index is 0.117. The molecule has 4 nitrogen and oxygen atoms in total. The van der Waals surface area contributed by atoms with Gasteiger partial charge in [0.25, 0.3) is 6.01 Å². The third-order valence-corrected chi connectivity index (χ3v) is 2.61. The predicted molar refractivity (Wildman–Crippen MR) is 66.0 cm³/mol. The van der Waals surface area contributed by atoms with E-state index >= 15 is 0 Å². The van der Waals surface area contributed by atoms with Gasteiger partial charge in [-0.05, 0) is 39.0 Å². The largest absolute Gasteiger partial charge is 0.468 e. The number of benzene rings is 1. The topological polar surface area (TPSA) is 50.8 Å². The molecule has 17 heavy (non-hydrogen) atoms. The lowest BCUT2D eigenvalue weighted by Crippen LogP contribution is -2.22. The molecule has 1 heterocycles. The van der Waals surface area contributed by atoms with Crippen LogP contribution in [0.25, 0.3) is 11.0 Å². The first-order chi connectivity index (χ1) is 7.97. The number of hydrogen-bond acceptors (Lipinski definition) is 3. The van der Waals surface area contributed by atoms with Gasteiger partial charge in [-0.2, -0.15) is 10.2 Å². The summed E-state index contributed by atoms with van der Waals surface area (Å²) in [6.45, 7) is 6.28. The first kappa shape index (κ1) is 11.5. The van der Waals surface area contributed by atoms with Crippen molar-refractivity contribution < 1.29 is 4.74 Å². The first-order valence-corrected chi connectivity index (χ1v) is 5.44. The molecule has 4 heteroatoms. The van der Waals surface area contributed by atoms with E-state index < -0.39 is 0 Å². The fraction of sp³-hybridized carbons (Fsp3) is 0.385. The van der Waals surface area contributed by atoms with Gasteiger partial charge in [-0.25, -0.2) is 0 Å². The number of hydrogen-bond donors (Lipinski definition) is 0. The van der Waals surface area contributed by atoms with Crippen LogP contribution in [0.5, 0.6) is 6.01 Å². The molecule has 0 unspecified atom stereocenters. The third kappa shape index (κ3) is 1.84. The van der Waals surface area contributed by atoms with Crippen molar-refractivity contribution in [1.82, 2.24) is 9.55 Å². The molecule has 0 aliphatic carbocycles. The van der Waals surface area contributed by atoms with Crippen LogP contribution in [0.4, 0.5) is 0 Å². The number of nitrogens with zero attached hydrogens (tertiary/aromatic N) is 3. The molecule has 0 atom stereocenters. The van der Waals surface area contributed by atoms with Gasteiger partial charge in [0.05, 0.1) is 29.8 Å². The molecule has 1 aromatic carbocycles. The standard InChI is InChI=1S/C13H15N3O/c1-13(2,3)16-11-6-5-9(8-14)7-10(11)15-12(16)17-4/h5-7H,1-4H3. The number of rotatable bonds is 1. The Balaban J connectivity index is 2.78. The molecule has 0 aliphatic rings. The van der Waals surface area contributed by atoms with Crippen LogP contribution in [0.1, 0.15) is 26.3 Å². The Morgan fingerprint density at radius 3 is 2.59 bits per heavy atom. The van der Waals surface area contributed by atoms with Crippen LogP contribution in [0, 0.1) is 11.3 Å². The van der Waals surface area contributed by atoms with Crippen molar-refractivity contribution in [2.45, 2.75) is 26.3 Å². The first-order valence-electron chi connectivity index (χ1n) is 5.44. The van der Waals surface area contributed by atoms with Crippen molar-refractivity contribution in [3.8, 4) is 12.1 Å². The highest BCUT2D eigenvalue weighted by Gasteiger charge is 2.22. The van der Waals surface area contributed by atoms with Crippen LogP contribution < -0.4 is 4.74 Å². The van der Waals surface area contributed by atoms with Gasteiger partial charge in [-0.1, -0.05) is 0 Å². The quantitative estimate of drug-likeness (QED) is 0.755. The second kappa shape index (κ2) is 3.77. The molecule has 0 spiro atoms. The van der Waals surface area contributed by atoms with Gasteiger partial charge in [-0.15, -0.1) is 0 Å². The van der Waals surface area contributed by atoms with Crippen LogP contribution in [-0.4, -0.2) is 16.7 Å². The van der Waals surface area contributed by atoms with Crippen molar-refractivity contribution in [2.24, 2.45) is 0 Å². The highest BCUT2D eigenvalue weighted by molar-refractivity contribution is 5.78. The monoisotopic (exact) mass is 229 g/mol. The Morgan fingerprint density at radius 1 is 1.35 bits per heavy atom. The zero-order valence-corrected chi connectivity index (χ0v) is 10.5. The highest BCUT2D eigenvalue weighted by Crippen LogP contribution is 2.29. The SMILES string of the molecule is COc1nc2cc(C#N)ccc2n1C(C)(C)C. The van der Waals surface area contributed by atoms with Crippen LogP contribution in [0.2, 0.25) is 0 Å². The maximum atomic E-state index is 8.87. The maximum absolute atomic E-state index is 8.87. The van der Waals surface area contributed by atoms with E-state index in [1.807, 2.05) is 10.6 Å². The number of fused-ring (bicyclic) bond motifs is 1. The van der Waals surface area contributed by atoms with Crippen molar-refractivity contribution in [3.05, 3.63) is 23.8 Å². The molecular formula is C13H15N3O. The van der Waals surface area contributed by atoms with Crippen LogP contribution in [-0.2, 0) is 5.54 Å². The normalized spacial score (nSPS) is 11.5. The zero-order chi connectivity index (χ0) is 12.6. The molecule has 88 valence electrons. The number of nitriles is 1. The van der Waals surface area contributed by atoms with E-state index in [0.29, 0.717) is 11.6 Å². The van der Waals surface area contributed by atoms with Gasteiger partial charge in [0, 0.05) is 5.54 Å². The lowest BCUT2D eigenvalue weighted by Gasteiger charge is -2.23. The summed E-state index contributed by atoms with van der Waals surface area (Å²) in [5, 5.41) is 8.87. The Labute approximate surface area is 100 Å². The minimum atomic E-state index is -0.117. The Hall–Kier alpha value is -2.02. The molecule has 0 saturated heterocycles. The molecule has 0 saturated carbocycles. The molecule has 0 radical (unpaired) electrons. The molecule has 0 fully saturated rings. The zero-order valence-electron chi connectivity index (χ0n) is 10.5. The summed E-state index contributed by atoms with van der Waals surface area (Å²) in [6, 6.07) is 8.17. The van der Waals surface area contributed by atoms with Crippen LogP contribution >= 0.6 is 0 Å². The second-order valence-corrected chi connectivity index (χ2v) is 4.92. The van der Waals surface area contributed by atoms with Gasteiger partial charge in [-0.3, -0.25) is 4.57 Å². The molecule has 2 aromatic rings. The van der Waals surface area contributed by atoms with Gasteiger partial charge >= 0.3 is 0 Å². The number of ether oxygens (including phenoxy) is 1. The molecule has 2 rings (SSSR count). The number of imidazole rings is 1. The van der Waals surface area contributed by atoms with Crippen molar-refractivity contribution in [1.29, 1.82) is 5.26 Å². The van der Waals surface area contributed by atoms with E-state index in [1.165, 1.54) is 0 Å². The second-order valence-electron chi connectivity index (χ2n) is 4.92. The lowest BCUT2D eigenvalue weighted by molar-refractivity contribution is 0.305. The predicted octanol–water partition coefficient (Wildman–Crippen LogP) is 2.67. The number of aromatic nitrogens is 2. The van der Waals surface area contributed by atoms with Crippen molar-refractivity contribution in [3.63, 3.8) is 0 Å². The summed E-state index contributed by atoms with van der Waals surface area (Å²) in [6.07, 6.45) is 0. The highest BCUT2D eigenvalue weighted by atomic mass is 16.5. The Kier molecular flexibility index (Phi) is 2.55. The summed E-state index contributed by atoms with van der Waals surface area (Å²) < 4.78 is 7.33. The maximum Gasteiger partial charge on any atom is 0.297 e. The molecule has 0 amide bonds. The van der Waals surface area contributed by atoms with E-state index in [4.69, 9.17) is 10.00 Å². The summed E-state index contributed by atoms with van der Waals surface area (Å²) in [5.41, 5.74) is 2.26. The Bertz CT molecular complexity index is 599. The lowest BCUT2D eigenvalue weighted by atomic mass is 10.1. The summed E-state index contributed by atoms with van der Waals surface area (Å²) >= 11 is 0. The average molecular weight is 229 g/mol. The summed E-state index contributed by atoms with van der Waals surface area (Å²) in [4.78, 5) is 4.40. The average Bonchev–Trinajstić information content (AvgIpc) is 2.65. The summed E-state index contributed by atoms with van der Waals surface area (Å²) in [7, 11) is 1.61. The van der Waals surface area contributed by atoms with Gasteiger partial charge in [0.2, 0.25) is 0 Å². The van der Waals surface area contributed by atoms with Crippen molar-refractivity contribution in [2.75, 3.05) is 7.11 Å². The molecule has 0 N–H and O–H groups in total. The fourth-order valence-electron chi connectivity index (χ4n) is 1.91. The smallest absolute Gasteiger partial charge is 0.297 e. The van der Waals surface area contributed by atoms with Crippen molar-refractivity contribution >= 4 is 11.0 Å². The molecular weight excluding hydrogens is 214 g/mol. The molecule has 1 aromatic heterocycles. The molecule has 0 bridgehead atoms. The number of methoxy groups -OCH3 is 1. The van der Waals surface area contributed by atoms with E-state index in [2.05, 4.69) is 31.8 Å². The van der Waals surface area contributed by atoms with Crippen LogP contribution in [0.3, 0.4) is 0 Å². The minimum Gasteiger partial charge on any atom is -0.468 e. The Morgan fingerprint density at radius 2 is 2.06 bits per heavy atom. The van der Waals surface area contributed by atoms with Crippen LogP contribution in [0.15, 0.2) is 18.2 Å².